The molecular formula is C34H58O3Si. The Balaban J connectivity index is 1.70. The lowest BCUT2D eigenvalue weighted by Crippen LogP contribution is -2.58. The number of aliphatic hydroxyl groups excluding tert-OH is 2. The standard InChI is InChI=1S/C34H58O3Si/c1-10-32(4,11-2)21-13-12-15-25(3)28-19-20-29-27(16-14-22-33(28,29)5)18-17-26-23-30(35)34(6,31(36)24-26)37-38(7,8)9/h12-13,15,17-18,21,25,28-31,35-36H,10-11,14,16,19-20,22-24H2,1-9H3/b15-12+,21-13+,26-17?,27-18+/t25-,28?,29?,30-,31-,33?,34?/m1/s1. The van der Waals surface area contributed by atoms with E-state index in [9.17, 15) is 10.2 Å². The summed E-state index contributed by atoms with van der Waals surface area (Å²) in [5.41, 5.74) is 2.52. The number of hydrogen-bond donors (Lipinski definition) is 2. The van der Waals surface area contributed by atoms with Crippen LogP contribution in [-0.2, 0) is 4.43 Å². The molecule has 3 nitrogen and oxygen atoms in total. The van der Waals surface area contributed by atoms with Gasteiger partial charge in [-0.25, -0.2) is 0 Å². The van der Waals surface area contributed by atoms with Crippen molar-refractivity contribution in [1.82, 2.24) is 0 Å². The van der Waals surface area contributed by atoms with Crippen molar-refractivity contribution in [2.45, 2.75) is 137 Å². The van der Waals surface area contributed by atoms with Crippen LogP contribution in [-0.4, -0.2) is 36.3 Å². The topological polar surface area (TPSA) is 49.7 Å². The predicted molar refractivity (Wildman–Crippen MR) is 165 cm³/mol. The van der Waals surface area contributed by atoms with Gasteiger partial charge in [-0.15, -0.1) is 0 Å². The molecule has 0 saturated heterocycles. The first kappa shape index (κ1) is 31.6. The molecule has 0 aromatic heterocycles. The van der Waals surface area contributed by atoms with Crippen LogP contribution < -0.4 is 0 Å². The molecular weight excluding hydrogens is 484 g/mol. The molecule has 0 spiro atoms. The molecule has 0 amide bonds. The second kappa shape index (κ2) is 12.3. The van der Waals surface area contributed by atoms with Crippen molar-refractivity contribution in [1.29, 1.82) is 0 Å². The normalized spacial score (nSPS) is 36.8. The van der Waals surface area contributed by atoms with Crippen LogP contribution in [0.2, 0.25) is 19.6 Å². The van der Waals surface area contributed by atoms with Crippen LogP contribution in [0, 0.1) is 28.6 Å². The van der Waals surface area contributed by atoms with Crippen LogP contribution in [0.4, 0.5) is 0 Å². The highest BCUT2D eigenvalue weighted by atomic mass is 28.4. The van der Waals surface area contributed by atoms with Gasteiger partial charge < -0.3 is 14.6 Å². The molecule has 0 heterocycles. The van der Waals surface area contributed by atoms with Gasteiger partial charge in [0.05, 0.1) is 12.2 Å². The van der Waals surface area contributed by atoms with Gasteiger partial charge in [-0.3, -0.25) is 0 Å². The quantitative estimate of drug-likeness (QED) is 0.226. The number of allylic oxidation sites excluding steroid dienone is 7. The van der Waals surface area contributed by atoms with E-state index in [1.54, 1.807) is 5.57 Å². The third kappa shape index (κ3) is 7.03. The fourth-order valence-electron chi connectivity index (χ4n) is 7.65. The van der Waals surface area contributed by atoms with Crippen LogP contribution in [0.15, 0.2) is 47.6 Å². The van der Waals surface area contributed by atoms with Crippen molar-refractivity contribution >= 4 is 8.32 Å². The van der Waals surface area contributed by atoms with E-state index in [0.29, 0.717) is 35.5 Å². The smallest absolute Gasteiger partial charge is 0.184 e. The molecule has 3 unspecified atom stereocenters. The summed E-state index contributed by atoms with van der Waals surface area (Å²) < 4.78 is 6.29. The van der Waals surface area contributed by atoms with Gasteiger partial charge in [0.2, 0.25) is 0 Å². The molecule has 3 saturated carbocycles. The molecule has 0 aromatic rings. The lowest BCUT2D eigenvalue weighted by atomic mass is 9.61. The Morgan fingerprint density at radius 1 is 1.03 bits per heavy atom. The Bertz CT molecular complexity index is 905. The Hall–Kier alpha value is -0.943. The van der Waals surface area contributed by atoms with Gasteiger partial charge in [0, 0.05) is 0 Å². The number of aliphatic hydroxyl groups is 2. The summed E-state index contributed by atoms with van der Waals surface area (Å²) in [4.78, 5) is 0. The number of fused-ring (bicyclic) bond motifs is 1. The van der Waals surface area contributed by atoms with Crippen LogP contribution >= 0.6 is 0 Å². The van der Waals surface area contributed by atoms with E-state index in [4.69, 9.17) is 4.43 Å². The lowest BCUT2D eigenvalue weighted by Gasteiger charge is -2.46. The van der Waals surface area contributed by atoms with E-state index in [1.807, 2.05) is 6.92 Å². The second-order valence-electron chi connectivity index (χ2n) is 14.5. The van der Waals surface area contributed by atoms with Crippen LogP contribution in [0.25, 0.3) is 0 Å². The highest BCUT2D eigenvalue weighted by Crippen LogP contribution is 2.59. The highest BCUT2D eigenvalue weighted by Gasteiger charge is 2.50. The molecule has 0 aromatic carbocycles. The Morgan fingerprint density at radius 2 is 1.66 bits per heavy atom. The molecule has 0 radical (unpaired) electrons. The van der Waals surface area contributed by atoms with E-state index in [2.05, 4.69) is 90.7 Å². The third-order valence-corrected chi connectivity index (χ3v) is 11.7. The zero-order chi connectivity index (χ0) is 28.4. The zero-order valence-electron chi connectivity index (χ0n) is 26.0. The van der Waals surface area contributed by atoms with Crippen molar-refractivity contribution in [3.05, 3.63) is 47.6 Å². The largest absolute Gasteiger partial charge is 0.407 e. The van der Waals surface area contributed by atoms with Gasteiger partial charge in [0.1, 0.15) is 5.60 Å². The summed E-state index contributed by atoms with van der Waals surface area (Å²) in [6.45, 7) is 20.1. The first-order chi connectivity index (χ1) is 17.7. The minimum absolute atomic E-state index is 0.306. The second-order valence-corrected chi connectivity index (χ2v) is 18.9. The van der Waals surface area contributed by atoms with Crippen LogP contribution in [0.3, 0.4) is 0 Å². The molecule has 0 bridgehead atoms. The Morgan fingerprint density at radius 3 is 2.24 bits per heavy atom. The first-order valence-corrected chi connectivity index (χ1v) is 18.9. The van der Waals surface area contributed by atoms with Crippen LogP contribution in [0.1, 0.15) is 99.3 Å². The molecule has 3 rings (SSSR count). The molecule has 3 aliphatic carbocycles. The summed E-state index contributed by atoms with van der Waals surface area (Å²) >= 11 is 0. The van der Waals surface area contributed by atoms with E-state index < -0.39 is 26.1 Å². The average Bonchev–Trinajstić information content (AvgIpc) is 3.20. The average molecular weight is 543 g/mol. The van der Waals surface area contributed by atoms with E-state index >= 15 is 0 Å². The zero-order valence-corrected chi connectivity index (χ0v) is 27.0. The fourth-order valence-corrected chi connectivity index (χ4v) is 9.25. The Kier molecular flexibility index (Phi) is 10.2. The number of hydrogen-bond acceptors (Lipinski definition) is 3. The molecule has 2 N–H and O–H groups in total. The SMILES string of the molecule is CCC(C)(/C=C/C=C/[C@@H](C)C1CCC2/C(=C/C=C3C[C@@H](O)C(C)(O[Si](C)(C)C)[C@H](O)C3)CCCC21C)CC. The summed E-state index contributed by atoms with van der Waals surface area (Å²) in [5, 5.41) is 22.0. The molecule has 3 fully saturated rings. The van der Waals surface area contributed by atoms with Crippen LogP contribution in [0.5, 0.6) is 0 Å². The molecule has 3 aliphatic rings. The first-order valence-electron chi connectivity index (χ1n) is 15.5. The monoisotopic (exact) mass is 542 g/mol. The highest BCUT2D eigenvalue weighted by molar-refractivity contribution is 6.69. The maximum atomic E-state index is 11.0. The maximum absolute atomic E-state index is 11.0. The molecule has 6 atom stereocenters. The van der Waals surface area contributed by atoms with E-state index in [0.717, 1.165) is 11.5 Å². The van der Waals surface area contributed by atoms with E-state index in [-0.39, 0.29) is 0 Å². The predicted octanol–water partition coefficient (Wildman–Crippen LogP) is 8.76. The Labute approximate surface area is 235 Å². The summed E-state index contributed by atoms with van der Waals surface area (Å²) in [6.07, 6.45) is 22.5. The van der Waals surface area contributed by atoms with Gasteiger partial charge in [-0.05, 0) is 113 Å². The summed E-state index contributed by atoms with van der Waals surface area (Å²) in [7, 11) is -1.89. The molecule has 216 valence electrons. The van der Waals surface area contributed by atoms with Gasteiger partial charge in [-0.1, -0.05) is 82.2 Å². The summed E-state index contributed by atoms with van der Waals surface area (Å²) in [5.74, 6) is 1.94. The summed E-state index contributed by atoms with van der Waals surface area (Å²) in [6, 6.07) is 0. The van der Waals surface area contributed by atoms with Crippen molar-refractivity contribution in [3.63, 3.8) is 0 Å². The van der Waals surface area contributed by atoms with Gasteiger partial charge in [-0.2, -0.15) is 0 Å². The van der Waals surface area contributed by atoms with Crippen molar-refractivity contribution in [2.24, 2.45) is 28.6 Å². The van der Waals surface area contributed by atoms with Gasteiger partial charge in [0.25, 0.3) is 0 Å². The lowest BCUT2D eigenvalue weighted by molar-refractivity contribution is -0.133. The minimum atomic E-state index is -1.89. The molecule has 0 aliphatic heterocycles. The fraction of sp³-hybridized carbons (Fsp3) is 0.765. The number of rotatable bonds is 9. The third-order valence-electron chi connectivity index (χ3n) is 10.6. The van der Waals surface area contributed by atoms with Crippen molar-refractivity contribution in [2.75, 3.05) is 0 Å². The minimum Gasteiger partial charge on any atom is -0.407 e. The van der Waals surface area contributed by atoms with Gasteiger partial charge >= 0.3 is 0 Å². The van der Waals surface area contributed by atoms with Crippen molar-refractivity contribution < 1.29 is 14.6 Å². The van der Waals surface area contributed by atoms with E-state index in [1.165, 1.54) is 44.9 Å². The maximum Gasteiger partial charge on any atom is 0.184 e. The molecule has 38 heavy (non-hydrogen) atoms. The van der Waals surface area contributed by atoms with Gasteiger partial charge in [0.15, 0.2) is 8.32 Å². The molecule has 4 heteroatoms. The van der Waals surface area contributed by atoms with Crippen molar-refractivity contribution in [3.8, 4) is 0 Å².